The summed E-state index contributed by atoms with van der Waals surface area (Å²) in [6.07, 6.45) is 2.15. The predicted molar refractivity (Wildman–Crippen MR) is 66.4 cm³/mol. The highest BCUT2D eigenvalue weighted by molar-refractivity contribution is 5.76. The Morgan fingerprint density at radius 2 is 2.28 bits per heavy atom. The molecule has 1 fully saturated rings. The summed E-state index contributed by atoms with van der Waals surface area (Å²) in [5, 5.41) is 11.8. The highest BCUT2D eigenvalue weighted by Crippen LogP contribution is 2.16. The van der Waals surface area contributed by atoms with E-state index < -0.39 is 11.9 Å². The third-order valence-corrected chi connectivity index (χ3v) is 3.18. The molecule has 0 aromatic rings. The lowest BCUT2D eigenvalue weighted by molar-refractivity contribution is -0.143. The summed E-state index contributed by atoms with van der Waals surface area (Å²) >= 11 is 0. The third-order valence-electron chi connectivity index (χ3n) is 3.18. The Morgan fingerprint density at radius 1 is 1.56 bits per heavy atom. The Kier molecular flexibility index (Phi) is 5.91. The Labute approximate surface area is 107 Å². The molecule has 0 spiro atoms. The molecule has 1 saturated heterocycles. The van der Waals surface area contributed by atoms with Crippen LogP contribution in [0.15, 0.2) is 0 Å². The average molecular weight is 258 g/mol. The van der Waals surface area contributed by atoms with E-state index in [-0.39, 0.29) is 12.1 Å². The zero-order chi connectivity index (χ0) is 13.5. The summed E-state index contributed by atoms with van der Waals surface area (Å²) in [5.41, 5.74) is 0. The zero-order valence-corrected chi connectivity index (χ0v) is 11.0. The van der Waals surface area contributed by atoms with Crippen LogP contribution in [-0.4, -0.2) is 54.9 Å². The molecule has 0 aromatic heterocycles. The van der Waals surface area contributed by atoms with E-state index in [1.54, 1.807) is 12.0 Å². The molecular formula is C12H22N2O4. The van der Waals surface area contributed by atoms with E-state index in [1.165, 1.54) is 0 Å². The molecule has 0 saturated carbocycles. The van der Waals surface area contributed by atoms with Gasteiger partial charge in [-0.15, -0.1) is 0 Å². The number of amides is 2. The normalized spacial score (nSPS) is 21.4. The minimum Gasteiger partial charge on any atom is -0.481 e. The van der Waals surface area contributed by atoms with Crippen LogP contribution in [0.1, 0.15) is 26.2 Å². The fourth-order valence-electron chi connectivity index (χ4n) is 2.03. The van der Waals surface area contributed by atoms with Crippen molar-refractivity contribution in [3.05, 3.63) is 0 Å². The number of nitrogens with one attached hydrogen (secondary N) is 1. The Morgan fingerprint density at radius 3 is 2.89 bits per heavy atom. The van der Waals surface area contributed by atoms with Crippen LogP contribution in [0, 0.1) is 5.92 Å². The Hall–Kier alpha value is -1.30. The molecule has 2 N–H and O–H groups in total. The molecule has 2 amide bonds. The highest BCUT2D eigenvalue weighted by Gasteiger charge is 2.28. The van der Waals surface area contributed by atoms with Crippen molar-refractivity contribution in [2.45, 2.75) is 32.2 Å². The largest absolute Gasteiger partial charge is 0.481 e. The first-order chi connectivity index (χ1) is 8.54. The van der Waals surface area contributed by atoms with Gasteiger partial charge in [0.15, 0.2) is 0 Å². The van der Waals surface area contributed by atoms with Gasteiger partial charge in [0.2, 0.25) is 0 Å². The molecule has 1 heterocycles. The van der Waals surface area contributed by atoms with Gasteiger partial charge < -0.3 is 20.1 Å². The maximum atomic E-state index is 11.9. The van der Waals surface area contributed by atoms with Crippen LogP contribution in [0.25, 0.3) is 0 Å². The Balaban J connectivity index is 2.38. The average Bonchev–Trinajstić information content (AvgIpc) is 2.36. The maximum absolute atomic E-state index is 11.9. The first-order valence-corrected chi connectivity index (χ1v) is 6.31. The summed E-state index contributed by atoms with van der Waals surface area (Å²) in [5.74, 6) is -1.25. The van der Waals surface area contributed by atoms with Crippen molar-refractivity contribution in [1.82, 2.24) is 10.2 Å². The van der Waals surface area contributed by atoms with E-state index in [9.17, 15) is 9.59 Å². The van der Waals surface area contributed by atoms with Crippen molar-refractivity contribution in [2.24, 2.45) is 5.92 Å². The van der Waals surface area contributed by atoms with Gasteiger partial charge in [0.1, 0.15) is 0 Å². The van der Waals surface area contributed by atoms with Crippen LogP contribution in [0.5, 0.6) is 0 Å². The number of carboxylic acid groups (broad SMARTS) is 1. The number of nitrogens with zero attached hydrogens (tertiary/aromatic N) is 1. The van der Waals surface area contributed by atoms with Crippen molar-refractivity contribution in [3.8, 4) is 0 Å². The van der Waals surface area contributed by atoms with Crippen LogP contribution < -0.4 is 5.32 Å². The fourth-order valence-corrected chi connectivity index (χ4v) is 2.03. The number of methoxy groups -OCH3 is 1. The second-order valence-corrected chi connectivity index (χ2v) is 4.76. The first-order valence-electron chi connectivity index (χ1n) is 6.31. The van der Waals surface area contributed by atoms with Gasteiger partial charge in [-0.3, -0.25) is 4.79 Å². The maximum Gasteiger partial charge on any atom is 0.317 e. The van der Waals surface area contributed by atoms with Gasteiger partial charge in [0.05, 0.1) is 5.92 Å². The van der Waals surface area contributed by atoms with E-state index in [2.05, 4.69) is 5.32 Å². The molecule has 2 atom stereocenters. The van der Waals surface area contributed by atoms with Crippen molar-refractivity contribution < 1.29 is 19.4 Å². The molecule has 0 radical (unpaired) electrons. The van der Waals surface area contributed by atoms with Gasteiger partial charge in [0, 0.05) is 32.8 Å². The number of rotatable bonds is 5. The van der Waals surface area contributed by atoms with Crippen molar-refractivity contribution >= 4 is 12.0 Å². The summed E-state index contributed by atoms with van der Waals surface area (Å²) < 4.78 is 4.95. The van der Waals surface area contributed by atoms with Gasteiger partial charge in [-0.1, -0.05) is 0 Å². The summed E-state index contributed by atoms with van der Waals surface area (Å²) in [7, 11) is 1.62. The van der Waals surface area contributed by atoms with Gasteiger partial charge in [-0.25, -0.2) is 4.79 Å². The fraction of sp³-hybridized carbons (Fsp3) is 0.833. The highest BCUT2D eigenvalue weighted by atomic mass is 16.5. The molecule has 1 unspecified atom stereocenters. The number of ether oxygens (including phenoxy) is 1. The number of carboxylic acids is 1. The quantitative estimate of drug-likeness (QED) is 0.768. The Bertz CT molecular complexity index is 296. The predicted octanol–water partition coefficient (Wildman–Crippen LogP) is 0.918. The van der Waals surface area contributed by atoms with E-state index >= 15 is 0 Å². The van der Waals surface area contributed by atoms with Crippen LogP contribution in [0.3, 0.4) is 0 Å². The van der Waals surface area contributed by atoms with Crippen molar-refractivity contribution in [1.29, 1.82) is 0 Å². The van der Waals surface area contributed by atoms with Crippen LogP contribution in [0.4, 0.5) is 4.79 Å². The molecule has 0 bridgehead atoms. The molecule has 6 heteroatoms. The topological polar surface area (TPSA) is 78.9 Å². The van der Waals surface area contributed by atoms with E-state index in [0.717, 1.165) is 12.8 Å². The number of carbonyl (C=O) groups is 2. The molecule has 6 nitrogen and oxygen atoms in total. The molecule has 1 rings (SSSR count). The van der Waals surface area contributed by atoms with Crippen LogP contribution >= 0.6 is 0 Å². The third kappa shape index (κ3) is 4.52. The van der Waals surface area contributed by atoms with Crippen LogP contribution in [0.2, 0.25) is 0 Å². The number of urea groups is 1. The smallest absolute Gasteiger partial charge is 0.317 e. The second-order valence-electron chi connectivity index (χ2n) is 4.76. The monoisotopic (exact) mass is 258 g/mol. The van der Waals surface area contributed by atoms with E-state index in [1.807, 2.05) is 6.92 Å². The van der Waals surface area contributed by atoms with Crippen molar-refractivity contribution in [3.63, 3.8) is 0 Å². The molecular weight excluding hydrogens is 236 g/mol. The molecule has 104 valence electrons. The number of piperidine rings is 1. The lowest BCUT2D eigenvalue weighted by atomic mass is 9.99. The van der Waals surface area contributed by atoms with Gasteiger partial charge >= 0.3 is 12.0 Å². The lowest BCUT2D eigenvalue weighted by Crippen LogP contribution is -2.49. The minimum absolute atomic E-state index is 0.0302. The SMILES string of the molecule is COCCC(C)NC(=O)N1CCC[C@@H](C(=O)O)C1. The molecule has 18 heavy (non-hydrogen) atoms. The number of likely N-dealkylation sites (tertiary alicyclic amines) is 1. The lowest BCUT2D eigenvalue weighted by Gasteiger charge is -2.31. The zero-order valence-electron chi connectivity index (χ0n) is 11.0. The number of hydrogen-bond acceptors (Lipinski definition) is 3. The molecule has 0 aliphatic carbocycles. The minimum atomic E-state index is -0.820. The van der Waals surface area contributed by atoms with E-state index in [4.69, 9.17) is 9.84 Å². The number of carbonyl (C=O) groups excluding carboxylic acids is 1. The molecule has 1 aliphatic rings. The molecule has 0 aromatic carbocycles. The number of hydrogen-bond donors (Lipinski definition) is 2. The summed E-state index contributed by atoms with van der Waals surface area (Å²) in [4.78, 5) is 24.4. The van der Waals surface area contributed by atoms with Crippen molar-refractivity contribution in [2.75, 3.05) is 26.8 Å². The standard InChI is InChI=1S/C12H22N2O4/c1-9(5-7-18-2)13-12(17)14-6-3-4-10(8-14)11(15)16/h9-10H,3-8H2,1-2H3,(H,13,17)(H,15,16)/t9?,10-/m1/s1. The molecule has 1 aliphatic heterocycles. The first kappa shape index (κ1) is 14.8. The van der Waals surface area contributed by atoms with E-state index in [0.29, 0.717) is 26.1 Å². The second kappa shape index (κ2) is 7.20. The van der Waals surface area contributed by atoms with Gasteiger partial charge in [-0.05, 0) is 26.2 Å². The van der Waals surface area contributed by atoms with Gasteiger partial charge in [0.25, 0.3) is 0 Å². The van der Waals surface area contributed by atoms with Crippen LogP contribution in [-0.2, 0) is 9.53 Å². The number of aliphatic carboxylic acids is 1. The summed E-state index contributed by atoms with van der Waals surface area (Å²) in [6, 6.07) is -0.146. The summed E-state index contributed by atoms with van der Waals surface area (Å²) in [6.45, 7) is 3.44. The van der Waals surface area contributed by atoms with Gasteiger partial charge in [-0.2, -0.15) is 0 Å².